The van der Waals surface area contributed by atoms with Crippen molar-refractivity contribution < 1.29 is 8.42 Å². The van der Waals surface area contributed by atoms with Crippen LogP contribution in [-0.2, 0) is 10.0 Å². The molecule has 0 bridgehead atoms. The van der Waals surface area contributed by atoms with Gasteiger partial charge in [-0.2, -0.15) is 0 Å². The van der Waals surface area contributed by atoms with E-state index >= 15 is 0 Å². The number of nitrogens with one attached hydrogen (secondary N) is 2. The molecule has 0 spiro atoms. The van der Waals surface area contributed by atoms with Gasteiger partial charge in [-0.15, -0.1) is 0 Å². The second-order valence-corrected chi connectivity index (χ2v) is 9.07. The molecule has 1 fully saturated rings. The molecule has 1 aliphatic rings. The molecule has 1 aromatic carbocycles. The fraction of sp³-hybridized carbons (Fsp3) is 0.625. The summed E-state index contributed by atoms with van der Waals surface area (Å²) in [6, 6.07) is 7.05. The zero-order chi connectivity index (χ0) is 15.9. The van der Waals surface area contributed by atoms with E-state index in [1.807, 2.05) is 19.1 Å². The van der Waals surface area contributed by atoms with Gasteiger partial charge in [0, 0.05) is 17.1 Å². The van der Waals surface area contributed by atoms with Gasteiger partial charge in [0.1, 0.15) is 0 Å². The summed E-state index contributed by atoms with van der Waals surface area (Å²) in [4.78, 5) is 0.374. The molecule has 2 rings (SSSR count). The van der Waals surface area contributed by atoms with Crippen molar-refractivity contribution in [3.05, 3.63) is 29.8 Å². The molecule has 5 heteroatoms. The molecule has 1 aliphatic heterocycles. The van der Waals surface area contributed by atoms with Gasteiger partial charge in [-0.1, -0.05) is 18.2 Å². The van der Waals surface area contributed by atoms with E-state index in [-0.39, 0.29) is 17.1 Å². The van der Waals surface area contributed by atoms with Gasteiger partial charge in [0.2, 0.25) is 10.0 Å². The maximum absolute atomic E-state index is 12.6. The maximum Gasteiger partial charge on any atom is 0.241 e. The number of sulfonamides is 1. The zero-order valence-corrected chi connectivity index (χ0v) is 14.3. The minimum Gasteiger partial charge on any atom is -0.307 e. The van der Waals surface area contributed by atoms with E-state index in [1.165, 1.54) is 0 Å². The van der Waals surface area contributed by atoms with Crippen LogP contribution in [-0.4, -0.2) is 25.5 Å². The SMILES string of the molecule is Cc1ccccc1S(=O)(=O)NC1CC(C)(C)NC(C)(C)C1. The number of hydrogen-bond acceptors (Lipinski definition) is 3. The Kier molecular flexibility index (Phi) is 4.21. The predicted molar refractivity (Wildman–Crippen MR) is 85.8 cm³/mol. The third-order valence-corrected chi connectivity index (χ3v) is 5.58. The second kappa shape index (κ2) is 5.38. The quantitative estimate of drug-likeness (QED) is 0.902. The Morgan fingerprint density at radius 2 is 1.62 bits per heavy atom. The van der Waals surface area contributed by atoms with Crippen LogP contribution in [0.3, 0.4) is 0 Å². The molecule has 1 heterocycles. The average Bonchev–Trinajstić information content (AvgIpc) is 2.23. The Balaban J connectivity index is 2.23. The summed E-state index contributed by atoms with van der Waals surface area (Å²) in [5, 5.41) is 3.56. The summed E-state index contributed by atoms with van der Waals surface area (Å²) in [5.74, 6) is 0. The molecule has 0 aromatic heterocycles. The summed E-state index contributed by atoms with van der Waals surface area (Å²) in [7, 11) is -3.47. The van der Waals surface area contributed by atoms with E-state index in [4.69, 9.17) is 0 Å². The maximum atomic E-state index is 12.6. The van der Waals surface area contributed by atoms with Crippen molar-refractivity contribution in [1.29, 1.82) is 0 Å². The highest BCUT2D eigenvalue weighted by atomic mass is 32.2. The number of rotatable bonds is 3. The monoisotopic (exact) mass is 310 g/mol. The Morgan fingerprint density at radius 3 is 2.14 bits per heavy atom. The molecule has 0 radical (unpaired) electrons. The summed E-state index contributed by atoms with van der Waals surface area (Å²) < 4.78 is 28.1. The lowest BCUT2D eigenvalue weighted by Crippen LogP contribution is -2.62. The molecule has 4 nitrogen and oxygen atoms in total. The van der Waals surface area contributed by atoms with Crippen molar-refractivity contribution in [3.8, 4) is 0 Å². The lowest BCUT2D eigenvalue weighted by atomic mass is 9.80. The van der Waals surface area contributed by atoms with Crippen LogP contribution >= 0.6 is 0 Å². The zero-order valence-electron chi connectivity index (χ0n) is 13.5. The first-order chi connectivity index (χ1) is 9.51. The van der Waals surface area contributed by atoms with Crippen LogP contribution in [0.4, 0.5) is 0 Å². The predicted octanol–water partition coefficient (Wildman–Crippen LogP) is 2.58. The van der Waals surface area contributed by atoms with Crippen LogP contribution in [0.5, 0.6) is 0 Å². The first kappa shape index (κ1) is 16.5. The molecule has 1 saturated heterocycles. The van der Waals surface area contributed by atoms with E-state index in [0.717, 1.165) is 18.4 Å². The topological polar surface area (TPSA) is 58.2 Å². The molecule has 0 saturated carbocycles. The van der Waals surface area contributed by atoms with Gasteiger partial charge in [-0.25, -0.2) is 13.1 Å². The molecular formula is C16H26N2O2S. The van der Waals surface area contributed by atoms with Crippen molar-refractivity contribution >= 4 is 10.0 Å². The normalized spacial score (nSPS) is 22.1. The van der Waals surface area contributed by atoms with Gasteiger partial charge in [-0.3, -0.25) is 0 Å². The standard InChI is InChI=1S/C16H26N2O2S/c1-12-8-6-7-9-14(12)21(19,20)17-13-10-15(2,3)18-16(4,5)11-13/h6-9,13,17-18H,10-11H2,1-5H3. The van der Waals surface area contributed by atoms with Crippen LogP contribution in [0.2, 0.25) is 0 Å². The third-order valence-electron chi connectivity index (χ3n) is 3.90. The van der Waals surface area contributed by atoms with E-state index in [2.05, 4.69) is 37.7 Å². The van der Waals surface area contributed by atoms with E-state index in [0.29, 0.717) is 4.90 Å². The van der Waals surface area contributed by atoms with Crippen molar-refractivity contribution in [1.82, 2.24) is 10.0 Å². The average molecular weight is 310 g/mol. The highest BCUT2D eigenvalue weighted by Crippen LogP contribution is 2.29. The second-order valence-electron chi connectivity index (χ2n) is 7.38. The number of piperidine rings is 1. The van der Waals surface area contributed by atoms with Gasteiger partial charge < -0.3 is 5.32 Å². The van der Waals surface area contributed by atoms with Crippen molar-refractivity contribution in [3.63, 3.8) is 0 Å². The molecule has 1 aromatic rings. The van der Waals surface area contributed by atoms with Crippen LogP contribution in [0, 0.1) is 6.92 Å². The smallest absolute Gasteiger partial charge is 0.241 e. The first-order valence-corrected chi connectivity index (χ1v) is 8.86. The number of hydrogen-bond donors (Lipinski definition) is 2. The van der Waals surface area contributed by atoms with Crippen molar-refractivity contribution in [2.75, 3.05) is 0 Å². The highest BCUT2D eigenvalue weighted by Gasteiger charge is 2.39. The third kappa shape index (κ3) is 4.05. The molecule has 0 atom stereocenters. The molecular weight excluding hydrogens is 284 g/mol. The Bertz CT molecular complexity index is 605. The molecule has 21 heavy (non-hydrogen) atoms. The number of benzene rings is 1. The Labute approximate surface area is 128 Å². The largest absolute Gasteiger partial charge is 0.307 e. The molecule has 0 aliphatic carbocycles. The van der Waals surface area contributed by atoms with Gasteiger partial charge >= 0.3 is 0 Å². The molecule has 0 unspecified atom stereocenters. The van der Waals surface area contributed by atoms with Crippen LogP contribution in [0.15, 0.2) is 29.2 Å². The number of aryl methyl sites for hydroxylation is 1. The summed E-state index contributed by atoms with van der Waals surface area (Å²) >= 11 is 0. The van der Waals surface area contributed by atoms with Crippen molar-refractivity contribution in [2.24, 2.45) is 0 Å². The summed E-state index contributed by atoms with van der Waals surface area (Å²) in [6.45, 7) is 10.3. The fourth-order valence-corrected chi connectivity index (χ4v) is 5.03. The van der Waals surface area contributed by atoms with Gasteiger partial charge in [-0.05, 0) is 59.1 Å². The minimum atomic E-state index is -3.47. The molecule has 0 amide bonds. The minimum absolute atomic E-state index is 0.0548. The molecule has 2 N–H and O–H groups in total. The lowest BCUT2D eigenvalue weighted by Gasteiger charge is -2.46. The van der Waals surface area contributed by atoms with E-state index < -0.39 is 10.0 Å². The summed E-state index contributed by atoms with van der Waals surface area (Å²) in [5.41, 5.74) is 0.610. The van der Waals surface area contributed by atoms with E-state index in [9.17, 15) is 8.42 Å². The summed E-state index contributed by atoms with van der Waals surface area (Å²) in [6.07, 6.45) is 1.56. The van der Waals surface area contributed by atoms with Crippen LogP contribution < -0.4 is 10.0 Å². The fourth-order valence-electron chi connectivity index (χ4n) is 3.55. The van der Waals surface area contributed by atoms with Crippen molar-refractivity contribution in [2.45, 2.75) is 69.5 Å². The van der Waals surface area contributed by atoms with Gasteiger partial charge in [0.05, 0.1) is 4.90 Å². The van der Waals surface area contributed by atoms with E-state index in [1.54, 1.807) is 12.1 Å². The Morgan fingerprint density at radius 1 is 1.10 bits per heavy atom. The lowest BCUT2D eigenvalue weighted by molar-refractivity contribution is 0.157. The Hall–Kier alpha value is -0.910. The van der Waals surface area contributed by atoms with Crippen LogP contribution in [0.25, 0.3) is 0 Å². The van der Waals surface area contributed by atoms with Crippen LogP contribution in [0.1, 0.15) is 46.1 Å². The van der Waals surface area contributed by atoms with Gasteiger partial charge in [0.25, 0.3) is 0 Å². The highest BCUT2D eigenvalue weighted by molar-refractivity contribution is 7.89. The molecule has 118 valence electrons. The first-order valence-electron chi connectivity index (χ1n) is 7.38. The van der Waals surface area contributed by atoms with Gasteiger partial charge in [0.15, 0.2) is 0 Å².